The van der Waals surface area contributed by atoms with Gasteiger partial charge in [-0.25, -0.2) is 13.2 Å². The average Bonchev–Trinajstić information content (AvgIpc) is 3.53. The van der Waals surface area contributed by atoms with Crippen LogP contribution in [0.3, 0.4) is 0 Å². The van der Waals surface area contributed by atoms with Crippen LogP contribution in [0.5, 0.6) is 0 Å². The molecule has 0 radical (unpaired) electrons. The van der Waals surface area contributed by atoms with E-state index in [0.717, 1.165) is 29.7 Å². The summed E-state index contributed by atoms with van der Waals surface area (Å²) in [4.78, 5) is 26.0. The molecule has 1 aliphatic rings. The van der Waals surface area contributed by atoms with Gasteiger partial charge in [-0.2, -0.15) is 10.4 Å². The summed E-state index contributed by atoms with van der Waals surface area (Å²) >= 11 is 0. The highest BCUT2D eigenvalue weighted by atomic mass is 19.2. The van der Waals surface area contributed by atoms with E-state index in [-0.39, 0.29) is 46.2 Å². The molecule has 10 heteroatoms. The molecule has 35 heavy (non-hydrogen) atoms. The molecule has 2 amide bonds. The molecule has 1 atom stereocenters. The summed E-state index contributed by atoms with van der Waals surface area (Å²) in [6.45, 7) is 5.07. The lowest BCUT2D eigenvalue weighted by molar-refractivity contribution is -0.125. The number of hydrogen-bond acceptors (Lipinski definition) is 4. The molecule has 7 nitrogen and oxygen atoms in total. The lowest BCUT2D eigenvalue weighted by atomic mass is 9.86. The number of hydrogen-bond donors (Lipinski definition) is 2. The number of fused-ring (bicyclic) bond motifs is 1. The van der Waals surface area contributed by atoms with Gasteiger partial charge in [0.25, 0.3) is 5.91 Å². The zero-order chi connectivity index (χ0) is 25.5. The molecule has 1 heterocycles. The van der Waals surface area contributed by atoms with Crippen LogP contribution in [0.2, 0.25) is 0 Å². The minimum atomic E-state index is -1.23. The Kier molecular flexibility index (Phi) is 6.28. The number of nitrogens with one attached hydrogen (secondary N) is 2. The first-order valence-electron chi connectivity index (χ1n) is 11.1. The summed E-state index contributed by atoms with van der Waals surface area (Å²) in [5, 5.41) is 18.7. The average molecular weight is 483 g/mol. The number of rotatable bonds is 6. The second kappa shape index (κ2) is 9.06. The fourth-order valence-corrected chi connectivity index (χ4v) is 3.78. The van der Waals surface area contributed by atoms with E-state index in [2.05, 4.69) is 15.7 Å². The van der Waals surface area contributed by atoms with Crippen LogP contribution in [0.4, 0.5) is 13.2 Å². The van der Waals surface area contributed by atoms with Gasteiger partial charge in [-0.3, -0.25) is 14.3 Å². The Morgan fingerprint density at radius 1 is 1.17 bits per heavy atom. The second-order valence-electron chi connectivity index (χ2n) is 9.74. The Labute approximate surface area is 199 Å². The van der Waals surface area contributed by atoms with Crippen molar-refractivity contribution in [3.8, 4) is 6.07 Å². The van der Waals surface area contributed by atoms with Gasteiger partial charge in [0.15, 0.2) is 17.3 Å². The molecule has 0 bridgehead atoms. The van der Waals surface area contributed by atoms with Gasteiger partial charge >= 0.3 is 0 Å². The lowest BCUT2D eigenvalue weighted by Crippen LogP contribution is -2.54. The van der Waals surface area contributed by atoms with Gasteiger partial charge in [-0.05, 0) is 42.5 Å². The highest BCUT2D eigenvalue weighted by Gasteiger charge is 2.36. The Morgan fingerprint density at radius 2 is 1.89 bits per heavy atom. The standard InChI is InChI=1S/C25H24F3N5O2/c1-25(2,3)22(24(35)30-15-6-7-15)31-23(34)20-16-8-9-17(26)19(28)21(16)33(32-20)12-14-5-4-13(11-29)10-18(14)27/h4-5,8-10,15,22H,6-7,12H2,1-3H3,(H,30,35)(H,31,34)/t22-/m1/s1. The van der Waals surface area contributed by atoms with E-state index in [4.69, 9.17) is 5.26 Å². The smallest absolute Gasteiger partial charge is 0.273 e. The number of benzene rings is 2. The van der Waals surface area contributed by atoms with Crippen LogP contribution in [-0.2, 0) is 11.3 Å². The van der Waals surface area contributed by atoms with Crippen LogP contribution in [0.1, 0.15) is 55.2 Å². The van der Waals surface area contributed by atoms with Crippen molar-refractivity contribution in [2.75, 3.05) is 0 Å². The summed E-state index contributed by atoms with van der Waals surface area (Å²) < 4.78 is 44.4. The first-order chi connectivity index (χ1) is 16.5. The normalized spacial score (nSPS) is 14.4. The van der Waals surface area contributed by atoms with E-state index in [1.165, 1.54) is 18.2 Å². The predicted octanol–water partition coefficient (Wildman–Crippen LogP) is 3.80. The molecule has 1 aliphatic carbocycles. The van der Waals surface area contributed by atoms with Crippen LogP contribution in [0, 0.1) is 34.2 Å². The summed E-state index contributed by atoms with van der Waals surface area (Å²) in [5.74, 6) is -4.19. The van der Waals surface area contributed by atoms with Gasteiger partial charge in [0.05, 0.1) is 18.2 Å². The minimum absolute atomic E-state index is 0.0192. The highest BCUT2D eigenvalue weighted by Crippen LogP contribution is 2.27. The SMILES string of the molecule is CC(C)(C)[C@H](NC(=O)c1nn(Cc2ccc(C#N)cc2F)c2c(F)c(F)ccc12)C(=O)NC1CC1. The van der Waals surface area contributed by atoms with Crippen molar-refractivity contribution in [1.29, 1.82) is 5.26 Å². The second-order valence-corrected chi connectivity index (χ2v) is 9.74. The van der Waals surface area contributed by atoms with E-state index in [9.17, 15) is 22.8 Å². The molecule has 0 saturated heterocycles. The molecular formula is C25H24F3N5O2. The van der Waals surface area contributed by atoms with Crippen LogP contribution in [0.15, 0.2) is 30.3 Å². The van der Waals surface area contributed by atoms with Crippen LogP contribution >= 0.6 is 0 Å². The van der Waals surface area contributed by atoms with Crippen molar-refractivity contribution < 1.29 is 22.8 Å². The van der Waals surface area contributed by atoms with E-state index >= 15 is 0 Å². The number of nitrogens with zero attached hydrogens (tertiary/aromatic N) is 3. The first-order valence-corrected chi connectivity index (χ1v) is 11.1. The molecule has 0 aliphatic heterocycles. The number of carbonyl (C=O) groups is 2. The quantitative estimate of drug-likeness (QED) is 0.557. The molecule has 1 saturated carbocycles. The third-order valence-electron chi connectivity index (χ3n) is 5.85. The number of nitriles is 1. The zero-order valence-electron chi connectivity index (χ0n) is 19.5. The van der Waals surface area contributed by atoms with Gasteiger partial charge in [-0.1, -0.05) is 26.8 Å². The molecule has 2 aromatic carbocycles. The summed E-state index contributed by atoms with van der Waals surface area (Å²) in [5.41, 5.74) is -1.00. The van der Waals surface area contributed by atoms with Crippen molar-refractivity contribution in [3.05, 3.63) is 64.6 Å². The van der Waals surface area contributed by atoms with Gasteiger partial charge < -0.3 is 10.6 Å². The Hall–Kier alpha value is -3.87. The van der Waals surface area contributed by atoms with E-state index in [0.29, 0.717) is 0 Å². The number of amides is 2. The summed E-state index contributed by atoms with van der Waals surface area (Å²) in [6, 6.07) is 6.86. The van der Waals surface area contributed by atoms with Gasteiger partial charge in [0.2, 0.25) is 5.91 Å². The molecular weight excluding hydrogens is 459 g/mol. The third kappa shape index (κ3) is 4.99. The molecule has 3 aromatic rings. The highest BCUT2D eigenvalue weighted by molar-refractivity contribution is 6.06. The third-order valence-corrected chi connectivity index (χ3v) is 5.85. The fourth-order valence-electron chi connectivity index (χ4n) is 3.78. The lowest BCUT2D eigenvalue weighted by Gasteiger charge is -2.30. The maximum absolute atomic E-state index is 14.8. The van der Waals surface area contributed by atoms with Gasteiger partial charge in [-0.15, -0.1) is 0 Å². The predicted molar refractivity (Wildman–Crippen MR) is 122 cm³/mol. The summed E-state index contributed by atoms with van der Waals surface area (Å²) in [7, 11) is 0. The van der Waals surface area contributed by atoms with Crippen molar-refractivity contribution in [3.63, 3.8) is 0 Å². The van der Waals surface area contributed by atoms with E-state index in [1.807, 2.05) is 6.07 Å². The number of halogens is 3. The first kappa shape index (κ1) is 24.3. The zero-order valence-corrected chi connectivity index (χ0v) is 19.5. The van der Waals surface area contributed by atoms with Gasteiger partial charge in [0.1, 0.15) is 17.4 Å². The largest absolute Gasteiger partial charge is 0.352 e. The molecule has 1 aromatic heterocycles. The van der Waals surface area contributed by atoms with Gasteiger partial charge in [0, 0.05) is 17.0 Å². The molecule has 182 valence electrons. The Morgan fingerprint density at radius 3 is 2.49 bits per heavy atom. The molecule has 1 fully saturated rings. The van der Waals surface area contributed by atoms with Crippen LogP contribution < -0.4 is 10.6 Å². The maximum Gasteiger partial charge on any atom is 0.273 e. The van der Waals surface area contributed by atoms with E-state index in [1.54, 1.807) is 20.8 Å². The molecule has 4 rings (SSSR count). The van der Waals surface area contributed by atoms with Crippen LogP contribution in [0.25, 0.3) is 10.9 Å². The van der Waals surface area contributed by atoms with Crippen molar-refractivity contribution in [1.82, 2.24) is 20.4 Å². The van der Waals surface area contributed by atoms with Crippen molar-refractivity contribution in [2.45, 2.75) is 52.2 Å². The van der Waals surface area contributed by atoms with E-state index < -0.39 is 34.8 Å². The fraction of sp³-hybridized carbons (Fsp3) is 0.360. The number of carbonyl (C=O) groups excluding carboxylic acids is 2. The Bertz CT molecular complexity index is 1370. The molecule has 2 N–H and O–H groups in total. The monoisotopic (exact) mass is 483 g/mol. The van der Waals surface area contributed by atoms with Crippen LogP contribution in [-0.4, -0.2) is 33.7 Å². The number of aromatic nitrogens is 2. The Balaban J connectivity index is 1.72. The molecule has 0 spiro atoms. The minimum Gasteiger partial charge on any atom is -0.352 e. The van der Waals surface area contributed by atoms with Crippen molar-refractivity contribution in [2.24, 2.45) is 5.41 Å². The summed E-state index contributed by atoms with van der Waals surface area (Å²) in [6.07, 6.45) is 1.75. The maximum atomic E-state index is 14.8. The van der Waals surface area contributed by atoms with Crippen molar-refractivity contribution >= 4 is 22.7 Å². The molecule has 0 unspecified atom stereocenters. The topological polar surface area (TPSA) is 99.8 Å².